The minimum absolute atomic E-state index is 0.465. The summed E-state index contributed by atoms with van der Waals surface area (Å²) in [6.07, 6.45) is 1.76. The summed E-state index contributed by atoms with van der Waals surface area (Å²) in [5, 5.41) is -0.520. The maximum Gasteiger partial charge on any atom is 0.152 e. The molecule has 0 saturated carbocycles. The summed E-state index contributed by atoms with van der Waals surface area (Å²) in [6, 6.07) is 6.97. The Morgan fingerprint density at radius 3 is 2.19 bits per heavy atom. The van der Waals surface area contributed by atoms with Crippen molar-refractivity contribution in [1.82, 2.24) is 0 Å². The SMILES string of the molecule is CC[C@H]([C@@H](N)c1ccc(Br)cc1)S(C)(=O)=O. The lowest BCUT2D eigenvalue weighted by Gasteiger charge is -2.21. The molecule has 0 radical (unpaired) electrons. The first kappa shape index (κ1) is 13.7. The maximum atomic E-state index is 11.6. The number of hydrogen-bond donors (Lipinski definition) is 1. The van der Waals surface area contributed by atoms with Gasteiger partial charge in [-0.2, -0.15) is 0 Å². The molecule has 3 nitrogen and oxygen atoms in total. The second-order valence-electron chi connectivity index (χ2n) is 3.85. The van der Waals surface area contributed by atoms with E-state index >= 15 is 0 Å². The van der Waals surface area contributed by atoms with Crippen molar-refractivity contribution in [3.8, 4) is 0 Å². The molecule has 1 aromatic rings. The van der Waals surface area contributed by atoms with Crippen LogP contribution in [-0.2, 0) is 9.84 Å². The minimum atomic E-state index is -3.11. The molecule has 0 aliphatic carbocycles. The van der Waals surface area contributed by atoms with Gasteiger partial charge in [-0.15, -0.1) is 0 Å². The molecule has 90 valence electrons. The van der Waals surface area contributed by atoms with Gasteiger partial charge in [0.25, 0.3) is 0 Å². The zero-order valence-corrected chi connectivity index (χ0v) is 11.8. The van der Waals surface area contributed by atoms with Gasteiger partial charge in [-0.3, -0.25) is 0 Å². The third kappa shape index (κ3) is 3.30. The highest BCUT2D eigenvalue weighted by Gasteiger charge is 2.26. The fraction of sp³-hybridized carbons (Fsp3) is 0.455. The average Bonchev–Trinajstić information content (AvgIpc) is 2.17. The van der Waals surface area contributed by atoms with Gasteiger partial charge in [0, 0.05) is 16.8 Å². The Morgan fingerprint density at radius 1 is 1.31 bits per heavy atom. The van der Waals surface area contributed by atoms with Crippen LogP contribution in [0.1, 0.15) is 24.9 Å². The van der Waals surface area contributed by atoms with Crippen molar-refractivity contribution < 1.29 is 8.42 Å². The fourth-order valence-corrected chi connectivity index (χ4v) is 3.28. The molecule has 1 aromatic carbocycles. The Labute approximate surface area is 105 Å². The Morgan fingerprint density at radius 2 is 1.81 bits per heavy atom. The third-order valence-electron chi connectivity index (χ3n) is 2.61. The summed E-state index contributed by atoms with van der Waals surface area (Å²) in [4.78, 5) is 0. The van der Waals surface area contributed by atoms with Crippen molar-refractivity contribution in [2.24, 2.45) is 5.73 Å². The molecule has 2 N–H and O–H groups in total. The second kappa shape index (κ2) is 5.29. The largest absolute Gasteiger partial charge is 0.323 e. The Hall–Kier alpha value is -0.390. The van der Waals surface area contributed by atoms with Crippen LogP contribution in [0.3, 0.4) is 0 Å². The van der Waals surface area contributed by atoms with Gasteiger partial charge in [-0.05, 0) is 24.1 Å². The number of benzene rings is 1. The Balaban J connectivity index is 3.00. The van der Waals surface area contributed by atoms with E-state index in [1.807, 2.05) is 31.2 Å². The van der Waals surface area contributed by atoms with Crippen LogP contribution in [-0.4, -0.2) is 19.9 Å². The molecule has 1 rings (SSSR count). The molecular weight excluding hydrogens is 290 g/mol. The van der Waals surface area contributed by atoms with E-state index in [1.54, 1.807) is 0 Å². The van der Waals surface area contributed by atoms with Gasteiger partial charge < -0.3 is 5.73 Å². The number of halogens is 1. The highest BCUT2D eigenvalue weighted by Crippen LogP contribution is 2.23. The third-order valence-corrected chi connectivity index (χ3v) is 4.86. The summed E-state index contributed by atoms with van der Waals surface area (Å²) < 4.78 is 24.1. The molecule has 0 aliphatic heterocycles. The van der Waals surface area contributed by atoms with E-state index in [0.29, 0.717) is 6.42 Å². The minimum Gasteiger partial charge on any atom is -0.323 e. The molecule has 0 bridgehead atoms. The molecule has 0 spiro atoms. The zero-order valence-electron chi connectivity index (χ0n) is 9.35. The van der Waals surface area contributed by atoms with Crippen molar-refractivity contribution in [3.63, 3.8) is 0 Å². The van der Waals surface area contributed by atoms with Gasteiger partial charge in [-0.1, -0.05) is 35.0 Å². The fourth-order valence-electron chi connectivity index (χ4n) is 1.72. The molecule has 16 heavy (non-hydrogen) atoms. The van der Waals surface area contributed by atoms with E-state index in [-0.39, 0.29) is 0 Å². The number of nitrogens with two attached hydrogens (primary N) is 1. The molecule has 5 heteroatoms. The van der Waals surface area contributed by atoms with Crippen LogP contribution in [0.5, 0.6) is 0 Å². The lowest BCUT2D eigenvalue weighted by molar-refractivity contribution is 0.553. The van der Waals surface area contributed by atoms with Crippen molar-refractivity contribution in [1.29, 1.82) is 0 Å². The van der Waals surface area contributed by atoms with E-state index in [4.69, 9.17) is 5.73 Å². The lowest BCUT2D eigenvalue weighted by atomic mass is 10.0. The molecule has 0 aromatic heterocycles. The van der Waals surface area contributed by atoms with Crippen molar-refractivity contribution >= 4 is 25.8 Å². The Bertz CT molecular complexity index is 442. The standard InChI is InChI=1S/C11H16BrNO2S/c1-3-10(16(2,14)15)11(13)8-4-6-9(12)7-5-8/h4-7,10-11H,3,13H2,1-2H3/t10-,11+/m1/s1. The average molecular weight is 306 g/mol. The molecule has 0 saturated heterocycles. The first-order valence-electron chi connectivity index (χ1n) is 5.06. The number of hydrogen-bond acceptors (Lipinski definition) is 3. The molecular formula is C11H16BrNO2S. The summed E-state index contributed by atoms with van der Waals surface area (Å²) in [6.45, 7) is 1.84. The Kier molecular flexibility index (Phi) is 4.52. The van der Waals surface area contributed by atoms with E-state index in [1.165, 1.54) is 6.26 Å². The van der Waals surface area contributed by atoms with Crippen molar-refractivity contribution in [3.05, 3.63) is 34.3 Å². The van der Waals surface area contributed by atoms with Gasteiger partial charge in [0.15, 0.2) is 9.84 Å². The van der Waals surface area contributed by atoms with Crippen LogP contribution in [0, 0.1) is 0 Å². The maximum absolute atomic E-state index is 11.6. The van der Waals surface area contributed by atoms with Gasteiger partial charge in [0.2, 0.25) is 0 Å². The van der Waals surface area contributed by atoms with Gasteiger partial charge in [0.05, 0.1) is 5.25 Å². The smallest absolute Gasteiger partial charge is 0.152 e. The van der Waals surface area contributed by atoms with Gasteiger partial charge in [-0.25, -0.2) is 8.42 Å². The predicted octanol–water partition coefficient (Wildman–Crippen LogP) is 2.27. The molecule has 0 fully saturated rings. The quantitative estimate of drug-likeness (QED) is 0.928. The van der Waals surface area contributed by atoms with Crippen molar-refractivity contribution in [2.75, 3.05) is 6.26 Å². The van der Waals surface area contributed by atoms with Crippen LogP contribution >= 0.6 is 15.9 Å². The predicted molar refractivity (Wildman–Crippen MR) is 70.0 cm³/mol. The summed E-state index contributed by atoms with van der Waals surface area (Å²) in [5.41, 5.74) is 6.84. The van der Waals surface area contributed by atoms with E-state index in [2.05, 4.69) is 15.9 Å². The van der Waals surface area contributed by atoms with Crippen molar-refractivity contribution in [2.45, 2.75) is 24.6 Å². The first-order valence-corrected chi connectivity index (χ1v) is 7.81. The van der Waals surface area contributed by atoms with Crippen LogP contribution in [0.2, 0.25) is 0 Å². The molecule has 0 aliphatic rings. The first-order chi connectivity index (χ1) is 7.36. The molecule has 2 atom stereocenters. The summed E-state index contributed by atoms with van der Waals surface area (Å²) in [7, 11) is -3.11. The van der Waals surface area contributed by atoms with E-state index in [9.17, 15) is 8.42 Å². The van der Waals surface area contributed by atoms with Gasteiger partial charge in [0.1, 0.15) is 0 Å². The van der Waals surface area contributed by atoms with Gasteiger partial charge >= 0.3 is 0 Å². The van der Waals surface area contributed by atoms with Crippen LogP contribution < -0.4 is 5.73 Å². The highest BCUT2D eigenvalue weighted by atomic mass is 79.9. The monoisotopic (exact) mass is 305 g/mol. The van der Waals surface area contributed by atoms with E-state index < -0.39 is 21.1 Å². The topological polar surface area (TPSA) is 60.2 Å². The van der Waals surface area contributed by atoms with Crippen LogP contribution in [0.15, 0.2) is 28.7 Å². The number of sulfone groups is 1. The second-order valence-corrected chi connectivity index (χ2v) is 7.03. The lowest BCUT2D eigenvalue weighted by Crippen LogP contribution is -2.32. The van der Waals surface area contributed by atoms with E-state index in [0.717, 1.165) is 10.0 Å². The summed E-state index contributed by atoms with van der Waals surface area (Å²) in [5.74, 6) is 0. The zero-order chi connectivity index (χ0) is 12.3. The highest BCUT2D eigenvalue weighted by molar-refractivity contribution is 9.10. The molecule has 0 unspecified atom stereocenters. The number of rotatable bonds is 4. The summed E-state index contributed by atoms with van der Waals surface area (Å²) >= 11 is 3.33. The molecule has 0 amide bonds. The van der Waals surface area contributed by atoms with Crippen LogP contribution in [0.4, 0.5) is 0 Å². The molecule has 0 heterocycles. The van der Waals surface area contributed by atoms with Crippen LogP contribution in [0.25, 0.3) is 0 Å². The normalized spacial score (nSPS) is 15.8.